The molecule has 0 aliphatic carbocycles. The minimum Gasteiger partial charge on any atom is -0.379 e. The van der Waals surface area contributed by atoms with Gasteiger partial charge >= 0.3 is 0 Å². The summed E-state index contributed by atoms with van der Waals surface area (Å²) in [7, 11) is 0. The number of hydrogen-bond donors (Lipinski definition) is 1. The average molecular weight is 251 g/mol. The number of rotatable bonds is 3. The third kappa shape index (κ3) is 2.23. The van der Waals surface area contributed by atoms with Crippen molar-refractivity contribution in [2.24, 2.45) is 0 Å². The van der Waals surface area contributed by atoms with Gasteiger partial charge in [-0.15, -0.1) is 11.3 Å². The lowest BCUT2D eigenvalue weighted by Gasteiger charge is -2.25. The number of pyridine rings is 1. The van der Waals surface area contributed by atoms with Crippen LogP contribution >= 0.6 is 11.3 Å². The van der Waals surface area contributed by atoms with Crippen molar-refractivity contribution in [2.45, 2.75) is 25.9 Å². The summed E-state index contributed by atoms with van der Waals surface area (Å²) >= 11 is 1.58. The highest BCUT2D eigenvalue weighted by molar-refractivity contribution is 7.10. The zero-order valence-corrected chi connectivity index (χ0v) is 10.6. The van der Waals surface area contributed by atoms with Gasteiger partial charge in [-0.1, -0.05) is 6.92 Å². The van der Waals surface area contributed by atoms with Gasteiger partial charge in [-0.25, -0.2) is 4.39 Å². The normalized spacial score (nSPS) is 14.6. The summed E-state index contributed by atoms with van der Waals surface area (Å²) in [5.41, 5.74) is 0.180. The predicted molar refractivity (Wildman–Crippen MR) is 66.5 cm³/mol. The van der Waals surface area contributed by atoms with E-state index in [1.54, 1.807) is 11.3 Å². The van der Waals surface area contributed by atoms with Gasteiger partial charge in [0, 0.05) is 10.4 Å². The summed E-state index contributed by atoms with van der Waals surface area (Å²) < 4.78 is 12.8. The van der Waals surface area contributed by atoms with Gasteiger partial charge in [0.05, 0.1) is 11.9 Å². The van der Waals surface area contributed by atoms with Crippen LogP contribution in [0.25, 0.3) is 0 Å². The Morgan fingerprint density at radius 1 is 1.47 bits per heavy atom. The summed E-state index contributed by atoms with van der Waals surface area (Å²) in [6.07, 6.45) is 1.64. The molecule has 0 radical (unpaired) electrons. The van der Waals surface area contributed by atoms with E-state index in [0.29, 0.717) is 12.1 Å². The Morgan fingerprint density at radius 3 is 2.71 bits per heavy atom. The molecule has 17 heavy (non-hydrogen) atoms. The predicted octanol–water partition coefficient (Wildman–Crippen LogP) is 3.24. The summed E-state index contributed by atoms with van der Waals surface area (Å²) in [5.74, 6) is -0.395. The molecule has 0 aliphatic heterocycles. The number of aryl methyl sites for hydroxylation is 1. The lowest BCUT2D eigenvalue weighted by molar-refractivity contribution is 0.0722. The topological polar surface area (TPSA) is 33.1 Å². The maximum Gasteiger partial charge on any atom is 0.141 e. The van der Waals surface area contributed by atoms with Crippen molar-refractivity contribution in [3.63, 3.8) is 0 Å². The number of halogens is 1. The van der Waals surface area contributed by atoms with Gasteiger partial charge in [0.25, 0.3) is 0 Å². The Hall–Kier alpha value is -1.26. The summed E-state index contributed by atoms with van der Waals surface area (Å²) in [4.78, 5) is 5.12. The third-order valence-electron chi connectivity index (χ3n) is 2.87. The molecular weight excluding hydrogens is 237 g/mol. The summed E-state index contributed by atoms with van der Waals surface area (Å²) in [6.45, 7) is 3.88. The van der Waals surface area contributed by atoms with E-state index in [4.69, 9.17) is 0 Å². The molecule has 0 aromatic carbocycles. The van der Waals surface area contributed by atoms with Crippen LogP contribution in [0.3, 0.4) is 0 Å². The van der Waals surface area contributed by atoms with Crippen LogP contribution in [0.4, 0.5) is 4.39 Å². The molecule has 2 aromatic rings. The number of hydrogen-bond acceptors (Lipinski definition) is 3. The van der Waals surface area contributed by atoms with Gasteiger partial charge in [0.1, 0.15) is 11.4 Å². The van der Waals surface area contributed by atoms with Gasteiger partial charge < -0.3 is 5.11 Å². The van der Waals surface area contributed by atoms with Crippen LogP contribution in [-0.4, -0.2) is 10.1 Å². The summed E-state index contributed by atoms with van der Waals surface area (Å²) in [5, 5.41) is 12.6. The highest BCUT2D eigenvalue weighted by Crippen LogP contribution is 2.34. The molecule has 0 saturated carbocycles. The molecule has 2 nitrogen and oxygen atoms in total. The number of nitrogens with zero attached hydrogens (tertiary/aromatic N) is 1. The first kappa shape index (κ1) is 12.2. The average Bonchev–Trinajstić information content (AvgIpc) is 2.76. The van der Waals surface area contributed by atoms with E-state index in [2.05, 4.69) is 4.98 Å². The maximum absolute atomic E-state index is 12.8. The first-order chi connectivity index (χ1) is 8.06. The fraction of sp³-hybridized carbons (Fsp3) is 0.308. The molecule has 0 amide bonds. The van der Waals surface area contributed by atoms with Crippen LogP contribution in [0, 0.1) is 12.7 Å². The molecule has 90 valence electrons. The molecule has 0 fully saturated rings. The van der Waals surface area contributed by atoms with E-state index in [0.717, 1.165) is 16.6 Å². The third-order valence-corrected chi connectivity index (χ3v) is 3.73. The molecule has 2 aromatic heterocycles. The highest BCUT2D eigenvalue weighted by atomic mass is 32.1. The van der Waals surface area contributed by atoms with Gasteiger partial charge in [-0.3, -0.25) is 4.98 Å². The summed E-state index contributed by atoms with van der Waals surface area (Å²) in [6, 6.07) is 4.80. The monoisotopic (exact) mass is 251 g/mol. The first-order valence-corrected chi connectivity index (χ1v) is 6.34. The standard InChI is InChI=1S/C13H14FNOS/c1-3-13(16,10-6-9(2)17-8-10)12-5-4-11(14)7-15-12/h4-8,16H,3H2,1-2H3. The minimum atomic E-state index is -1.13. The Balaban J connectivity index is 2.47. The van der Waals surface area contributed by atoms with Crippen LogP contribution in [0.15, 0.2) is 29.8 Å². The number of aliphatic hydroxyl groups is 1. The molecule has 0 aliphatic rings. The second kappa shape index (κ2) is 4.55. The first-order valence-electron chi connectivity index (χ1n) is 5.46. The second-order valence-electron chi connectivity index (χ2n) is 4.02. The van der Waals surface area contributed by atoms with Crippen molar-refractivity contribution >= 4 is 11.3 Å². The lowest BCUT2D eigenvalue weighted by Crippen LogP contribution is -2.27. The number of aromatic nitrogens is 1. The second-order valence-corrected chi connectivity index (χ2v) is 5.14. The maximum atomic E-state index is 12.8. The van der Waals surface area contributed by atoms with Gasteiger partial charge in [0.2, 0.25) is 0 Å². The Morgan fingerprint density at radius 2 is 2.24 bits per heavy atom. The number of thiophene rings is 1. The van der Waals surface area contributed by atoms with Crippen molar-refractivity contribution in [1.29, 1.82) is 0 Å². The SMILES string of the molecule is CCC(O)(c1csc(C)c1)c1ccc(F)cn1. The van der Waals surface area contributed by atoms with Crippen molar-refractivity contribution in [2.75, 3.05) is 0 Å². The van der Waals surface area contributed by atoms with Crippen LogP contribution < -0.4 is 0 Å². The zero-order valence-electron chi connectivity index (χ0n) is 9.77. The lowest BCUT2D eigenvalue weighted by atomic mass is 9.89. The van der Waals surface area contributed by atoms with Gasteiger partial charge in [0.15, 0.2) is 0 Å². The van der Waals surface area contributed by atoms with E-state index in [-0.39, 0.29) is 0 Å². The van der Waals surface area contributed by atoms with Gasteiger partial charge in [-0.05, 0) is 36.9 Å². The van der Waals surface area contributed by atoms with Crippen molar-refractivity contribution in [1.82, 2.24) is 4.98 Å². The minimum absolute atomic E-state index is 0.395. The van der Waals surface area contributed by atoms with Crippen LogP contribution in [0.1, 0.15) is 29.5 Å². The Kier molecular flexibility index (Phi) is 3.26. The zero-order chi connectivity index (χ0) is 12.5. The molecule has 1 atom stereocenters. The molecule has 0 spiro atoms. The van der Waals surface area contributed by atoms with Crippen molar-refractivity contribution in [3.05, 3.63) is 51.7 Å². The quantitative estimate of drug-likeness (QED) is 0.908. The smallest absolute Gasteiger partial charge is 0.141 e. The molecule has 0 saturated heterocycles. The van der Waals surface area contributed by atoms with E-state index in [1.165, 1.54) is 12.1 Å². The molecule has 4 heteroatoms. The molecule has 1 unspecified atom stereocenters. The van der Waals surface area contributed by atoms with E-state index in [1.807, 2.05) is 25.3 Å². The molecule has 0 bridgehead atoms. The molecular formula is C13H14FNOS. The Labute approximate surface area is 104 Å². The van der Waals surface area contributed by atoms with Gasteiger partial charge in [-0.2, -0.15) is 0 Å². The largest absolute Gasteiger partial charge is 0.379 e. The highest BCUT2D eigenvalue weighted by Gasteiger charge is 2.31. The van der Waals surface area contributed by atoms with Crippen molar-refractivity contribution < 1.29 is 9.50 Å². The van der Waals surface area contributed by atoms with Crippen LogP contribution in [-0.2, 0) is 5.60 Å². The van der Waals surface area contributed by atoms with E-state index in [9.17, 15) is 9.50 Å². The molecule has 2 rings (SSSR count). The van der Waals surface area contributed by atoms with Crippen LogP contribution in [0.5, 0.6) is 0 Å². The fourth-order valence-electron chi connectivity index (χ4n) is 1.81. The Bertz CT molecular complexity index is 508. The fourth-order valence-corrected chi connectivity index (χ4v) is 2.58. The van der Waals surface area contributed by atoms with E-state index < -0.39 is 11.4 Å². The molecule has 2 heterocycles. The molecule has 1 N–H and O–H groups in total. The van der Waals surface area contributed by atoms with Crippen molar-refractivity contribution in [3.8, 4) is 0 Å². The van der Waals surface area contributed by atoms with E-state index >= 15 is 0 Å². The van der Waals surface area contributed by atoms with Crippen LogP contribution in [0.2, 0.25) is 0 Å².